The molecule has 1 rings (SSSR count). The van der Waals surface area contributed by atoms with Crippen molar-refractivity contribution in [2.45, 2.75) is 27.7 Å². The van der Waals surface area contributed by atoms with Gasteiger partial charge in [0.05, 0.1) is 5.69 Å². The van der Waals surface area contributed by atoms with Crippen molar-refractivity contribution in [3.8, 4) is 0 Å². The van der Waals surface area contributed by atoms with E-state index >= 15 is 0 Å². The van der Waals surface area contributed by atoms with E-state index in [1.54, 1.807) is 11.3 Å². The molecule has 1 aromatic heterocycles. The summed E-state index contributed by atoms with van der Waals surface area (Å²) in [6.45, 7) is 9.26. The van der Waals surface area contributed by atoms with Gasteiger partial charge in [-0.15, -0.1) is 22.9 Å². The number of halogens is 1. The van der Waals surface area contributed by atoms with E-state index in [0.29, 0.717) is 5.88 Å². The highest BCUT2D eigenvalue weighted by atomic mass is 35.5. The molecule has 0 saturated carbocycles. The number of hydrogen-bond acceptors (Lipinski definition) is 3. The fourth-order valence-corrected chi connectivity index (χ4v) is 1.82. The molecule has 0 amide bonds. The van der Waals surface area contributed by atoms with Gasteiger partial charge in [-0.25, -0.2) is 4.98 Å². The molecule has 0 atom stereocenters. The van der Waals surface area contributed by atoms with E-state index in [0.717, 1.165) is 17.4 Å². The maximum atomic E-state index is 5.84. The molecule has 0 spiro atoms. The van der Waals surface area contributed by atoms with Gasteiger partial charge in [-0.05, 0) is 19.3 Å². The van der Waals surface area contributed by atoms with Crippen LogP contribution in [0.4, 0.5) is 5.13 Å². The Balaban J connectivity index is 2.54. The van der Waals surface area contributed by atoms with Gasteiger partial charge < -0.3 is 5.32 Å². The van der Waals surface area contributed by atoms with E-state index in [2.05, 4.69) is 31.1 Å². The molecule has 1 heterocycles. The second kappa shape index (κ2) is 4.49. The van der Waals surface area contributed by atoms with Crippen molar-refractivity contribution in [2.24, 2.45) is 5.41 Å². The summed E-state index contributed by atoms with van der Waals surface area (Å²) in [5, 5.41) is 4.32. The number of aryl methyl sites for hydroxylation is 2. The monoisotopic (exact) mass is 232 g/mol. The molecule has 1 aromatic rings. The zero-order valence-corrected chi connectivity index (χ0v) is 10.7. The average molecular weight is 233 g/mol. The molecule has 4 heteroatoms. The number of alkyl halides is 1. The van der Waals surface area contributed by atoms with Crippen LogP contribution in [0.25, 0.3) is 0 Å². The Morgan fingerprint density at radius 1 is 1.43 bits per heavy atom. The van der Waals surface area contributed by atoms with Crippen molar-refractivity contribution in [3.05, 3.63) is 10.6 Å². The van der Waals surface area contributed by atoms with Gasteiger partial charge in [-0.2, -0.15) is 0 Å². The summed E-state index contributed by atoms with van der Waals surface area (Å²) < 4.78 is 0. The van der Waals surface area contributed by atoms with Crippen LogP contribution in [0.15, 0.2) is 0 Å². The van der Waals surface area contributed by atoms with Crippen LogP contribution < -0.4 is 5.32 Å². The van der Waals surface area contributed by atoms with Crippen molar-refractivity contribution < 1.29 is 0 Å². The molecule has 0 aliphatic heterocycles. The van der Waals surface area contributed by atoms with E-state index in [1.807, 2.05) is 6.92 Å². The first kappa shape index (κ1) is 11.8. The van der Waals surface area contributed by atoms with Crippen LogP contribution in [0.5, 0.6) is 0 Å². The Bertz CT molecular complexity index is 288. The van der Waals surface area contributed by atoms with Gasteiger partial charge in [0, 0.05) is 17.3 Å². The minimum absolute atomic E-state index is 0.120. The molecule has 14 heavy (non-hydrogen) atoms. The largest absolute Gasteiger partial charge is 0.361 e. The third-order valence-electron chi connectivity index (χ3n) is 2.11. The van der Waals surface area contributed by atoms with Crippen LogP contribution >= 0.6 is 22.9 Å². The molecule has 0 aliphatic rings. The molecule has 0 fully saturated rings. The topological polar surface area (TPSA) is 24.9 Å². The Hall–Kier alpha value is -0.280. The Labute approximate surface area is 94.7 Å². The van der Waals surface area contributed by atoms with Crippen LogP contribution in [0, 0.1) is 19.3 Å². The first-order valence-electron chi connectivity index (χ1n) is 4.68. The van der Waals surface area contributed by atoms with Gasteiger partial charge in [0.2, 0.25) is 0 Å². The molecule has 0 bridgehead atoms. The summed E-state index contributed by atoms with van der Waals surface area (Å²) in [6, 6.07) is 0. The van der Waals surface area contributed by atoms with E-state index in [-0.39, 0.29) is 5.41 Å². The number of thiazole rings is 1. The number of nitrogens with zero attached hydrogens (tertiary/aromatic N) is 1. The highest BCUT2D eigenvalue weighted by molar-refractivity contribution is 7.15. The van der Waals surface area contributed by atoms with E-state index in [4.69, 9.17) is 11.6 Å². The second-order valence-corrected chi connectivity index (χ2v) is 5.78. The van der Waals surface area contributed by atoms with Crippen LogP contribution in [0.2, 0.25) is 0 Å². The third kappa shape index (κ3) is 3.14. The van der Waals surface area contributed by atoms with Gasteiger partial charge in [0.25, 0.3) is 0 Å². The minimum Gasteiger partial charge on any atom is -0.361 e. The summed E-state index contributed by atoms with van der Waals surface area (Å²) in [6.07, 6.45) is 0. The Kier molecular flexibility index (Phi) is 3.78. The molecular weight excluding hydrogens is 216 g/mol. The van der Waals surface area contributed by atoms with Crippen LogP contribution in [-0.2, 0) is 0 Å². The highest BCUT2D eigenvalue weighted by Crippen LogP contribution is 2.23. The molecule has 0 aliphatic carbocycles. The third-order valence-corrected chi connectivity index (χ3v) is 3.86. The molecular formula is C10H17ClN2S. The lowest BCUT2D eigenvalue weighted by Crippen LogP contribution is -2.24. The van der Waals surface area contributed by atoms with Crippen molar-refractivity contribution in [3.63, 3.8) is 0 Å². The predicted molar refractivity (Wildman–Crippen MR) is 64.6 cm³/mol. The van der Waals surface area contributed by atoms with Gasteiger partial charge in [-0.1, -0.05) is 13.8 Å². The van der Waals surface area contributed by atoms with Gasteiger partial charge in [0.15, 0.2) is 5.13 Å². The zero-order valence-electron chi connectivity index (χ0n) is 9.15. The van der Waals surface area contributed by atoms with Crippen LogP contribution in [-0.4, -0.2) is 17.4 Å². The SMILES string of the molecule is Cc1nc(NCC(C)(C)CCl)sc1C. The fraction of sp³-hybridized carbons (Fsp3) is 0.700. The number of hydrogen-bond donors (Lipinski definition) is 1. The predicted octanol–water partition coefficient (Wildman–Crippen LogP) is 3.44. The first-order valence-corrected chi connectivity index (χ1v) is 6.03. The van der Waals surface area contributed by atoms with Crippen molar-refractivity contribution >= 4 is 28.1 Å². The summed E-state index contributed by atoms with van der Waals surface area (Å²) in [7, 11) is 0. The molecule has 0 saturated heterocycles. The normalized spacial score (nSPS) is 11.8. The number of rotatable bonds is 4. The Morgan fingerprint density at radius 2 is 2.07 bits per heavy atom. The lowest BCUT2D eigenvalue weighted by Gasteiger charge is -2.21. The molecule has 80 valence electrons. The summed E-state index contributed by atoms with van der Waals surface area (Å²) in [5.74, 6) is 0.656. The maximum absolute atomic E-state index is 5.84. The lowest BCUT2D eigenvalue weighted by atomic mass is 9.97. The van der Waals surface area contributed by atoms with Crippen LogP contribution in [0.3, 0.4) is 0 Å². The van der Waals surface area contributed by atoms with Crippen molar-refractivity contribution in [1.29, 1.82) is 0 Å². The second-order valence-electron chi connectivity index (χ2n) is 4.31. The average Bonchev–Trinajstić information content (AvgIpc) is 2.44. The smallest absolute Gasteiger partial charge is 0.183 e. The van der Waals surface area contributed by atoms with Crippen molar-refractivity contribution in [1.82, 2.24) is 4.98 Å². The molecule has 2 nitrogen and oxygen atoms in total. The molecule has 1 N–H and O–H groups in total. The number of aromatic nitrogens is 1. The summed E-state index contributed by atoms with van der Waals surface area (Å²) in [5.41, 5.74) is 1.23. The van der Waals surface area contributed by atoms with Crippen LogP contribution in [0.1, 0.15) is 24.4 Å². The maximum Gasteiger partial charge on any atom is 0.183 e. The fourth-order valence-electron chi connectivity index (χ4n) is 0.910. The van der Waals surface area contributed by atoms with Crippen molar-refractivity contribution in [2.75, 3.05) is 17.7 Å². The number of nitrogens with one attached hydrogen (secondary N) is 1. The summed E-state index contributed by atoms with van der Waals surface area (Å²) >= 11 is 7.54. The first-order chi connectivity index (χ1) is 6.44. The van der Waals surface area contributed by atoms with E-state index in [9.17, 15) is 0 Å². The summed E-state index contributed by atoms with van der Waals surface area (Å²) in [4.78, 5) is 5.69. The quantitative estimate of drug-likeness (QED) is 0.805. The minimum atomic E-state index is 0.120. The Morgan fingerprint density at radius 3 is 2.50 bits per heavy atom. The number of anilines is 1. The highest BCUT2D eigenvalue weighted by Gasteiger charge is 2.16. The van der Waals surface area contributed by atoms with Gasteiger partial charge in [-0.3, -0.25) is 0 Å². The van der Waals surface area contributed by atoms with Gasteiger partial charge >= 0.3 is 0 Å². The molecule has 0 unspecified atom stereocenters. The molecule has 0 radical (unpaired) electrons. The van der Waals surface area contributed by atoms with Gasteiger partial charge in [0.1, 0.15) is 0 Å². The standard InChI is InChI=1S/C10H17ClN2S/c1-7-8(2)14-9(13-7)12-6-10(3,4)5-11/h5-6H2,1-4H3,(H,12,13). The zero-order chi connectivity index (χ0) is 10.8. The van der Waals surface area contributed by atoms with E-state index in [1.165, 1.54) is 4.88 Å². The molecule has 0 aromatic carbocycles. The van der Waals surface area contributed by atoms with E-state index < -0.39 is 0 Å². The lowest BCUT2D eigenvalue weighted by molar-refractivity contribution is 0.450.